The summed E-state index contributed by atoms with van der Waals surface area (Å²) in [5.41, 5.74) is 0. The third-order valence-electron chi connectivity index (χ3n) is 3.29. The van der Waals surface area contributed by atoms with Gasteiger partial charge >= 0.3 is 6.09 Å². The highest BCUT2D eigenvalue weighted by Crippen LogP contribution is 2.38. The number of rotatable bonds is 1. The molecule has 0 spiro atoms. The average Bonchev–Trinajstić information content (AvgIpc) is 2.53. The zero-order valence-electron chi connectivity index (χ0n) is 9.27. The first kappa shape index (κ1) is 11.1. The summed E-state index contributed by atoms with van der Waals surface area (Å²) in [7, 11) is 0. The van der Waals surface area contributed by atoms with Crippen LogP contribution >= 0.6 is 0 Å². The molecule has 1 heterocycles. The topological polar surface area (TPSA) is 63.7 Å². The molecule has 5 nitrogen and oxygen atoms in total. The van der Waals surface area contributed by atoms with Gasteiger partial charge in [-0.3, -0.25) is 9.59 Å². The summed E-state index contributed by atoms with van der Waals surface area (Å²) in [4.78, 5) is 35.9. The number of likely N-dealkylation sites (tertiary alicyclic amines) is 1. The zero-order chi connectivity index (χ0) is 11.7. The van der Waals surface area contributed by atoms with E-state index in [-0.39, 0.29) is 30.3 Å². The fraction of sp³-hybridized carbons (Fsp3) is 0.727. The van der Waals surface area contributed by atoms with E-state index in [1.807, 2.05) is 0 Å². The molecule has 0 bridgehead atoms. The quantitative estimate of drug-likeness (QED) is 0.631. The van der Waals surface area contributed by atoms with Crippen molar-refractivity contribution < 1.29 is 19.1 Å². The van der Waals surface area contributed by atoms with Gasteiger partial charge in [0, 0.05) is 0 Å². The van der Waals surface area contributed by atoms with E-state index in [1.165, 1.54) is 0 Å². The second-order valence-corrected chi connectivity index (χ2v) is 4.21. The summed E-state index contributed by atoms with van der Waals surface area (Å²) in [5, 5.41) is 0. The van der Waals surface area contributed by atoms with E-state index in [2.05, 4.69) is 0 Å². The number of carbonyl (C=O) groups is 3. The van der Waals surface area contributed by atoms with Crippen molar-refractivity contribution in [3.8, 4) is 0 Å². The Kier molecular flexibility index (Phi) is 2.94. The van der Waals surface area contributed by atoms with Gasteiger partial charge in [-0.15, -0.1) is 0 Å². The molecule has 2 aliphatic rings. The molecule has 2 fully saturated rings. The Morgan fingerprint density at radius 1 is 1.25 bits per heavy atom. The molecule has 0 aromatic heterocycles. The zero-order valence-corrected chi connectivity index (χ0v) is 9.27. The van der Waals surface area contributed by atoms with E-state index < -0.39 is 6.09 Å². The van der Waals surface area contributed by atoms with Crippen LogP contribution in [0.2, 0.25) is 0 Å². The minimum Gasteiger partial charge on any atom is -0.449 e. The predicted molar refractivity (Wildman–Crippen MR) is 54.3 cm³/mol. The number of carbonyl (C=O) groups excluding carboxylic acids is 3. The maximum atomic E-state index is 11.9. The number of ether oxygens (including phenoxy) is 1. The molecular weight excluding hydrogens is 210 g/mol. The molecule has 0 unspecified atom stereocenters. The fourth-order valence-electron chi connectivity index (χ4n) is 2.53. The smallest absolute Gasteiger partial charge is 0.423 e. The molecule has 0 aromatic carbocycles. The monoisotopic (exact) mass is 225 g/mol. The number of fused-ring (bicyclic) bond motifs is 1. The second kappa shape index (κ2) is 4.23. The van der Waals surface area contributed by atoms with E-state index in [4.69, 9.17) is 4.74 Å². The summed E-state index contributed by atoms with van der Waals surface area (Å²) < 4.78 is 4.72. The Morgan fingerprint density at radius 2 is 1.75 bits per heavy atom. The Labute approximate surface area is 93.7 Å². The largest absolute Gasteiger partial charge is 0.449 e. The summed E-state index contributed by atoms with van der Waals surface area (Å²) >= 11 is 0. The SMILES string of the molecule is CCOC(=O)N1C(=O)[C@H]2CCCC[C@@H]2C1=O. The van der Waals surface area contributed by atoms with Gasteiger partial charge in [0.25, 0.3) is 0 Å². The summed E-state index contributed by atoms with van der Waals surface area (Å²) in [6, 6.07) is 0. The highest BCUT2D eigenvalue weighted by molar-refractivity contribution is 6.15. The van der Waals surface area contributed by atoms with E-state index in [0.717, 1.165) is 12.8 Å². The van der Waals surface area contributed by atoms with Crippen LogP contribution in [0.15, 0.2) is 0 Å². The Morgan fingerprint density at radius 3 is 2.19 bits per heavy atom. The molecule has 2 atom stereocenters. The van der Waals surface area contributed by atoms with Crippen molar-refractivity contribution in [2.45, 2.75) is 32.6 Å². The Balaban J connectivity index is 2.18. The molecule has 0 radical (unpaired) electrons. The summed E-state index contributed by atoms with van der Waals surface area (Å²) in [6.45, 7) is 1.82. The minimum atomic E-state index is -0.813. The van der Waals surface area contributed by atoms with E-state index in [9.17, 15) is 14.4 Å². The molecule has 88 valence electrons. The first-order valence-corrected chi connectivity index (χ1v) is 5.71. The number of nitrogens with zero attached hydrogens (tertiary/aromatic N) is 1. The molecular formula is C11H15NO4. The van der Waals surface area contributed by atoms with Crippen LogP contribution in [0.3, 0.4) is 0 Å². The van der Waals surface area contributed by atoms with E-state index in [1.54, 1.807) is 6.92 Å². The molecule has 2 rings (SSSR count). The van der Waals surface area contributed by atoms with Crippen molar-refractivity contribution in [2.75, 3.05) is 6.61 Å². The van der Waals surface area contributed by atoms with E-state index in [0.29, 0.717) is 17.7 Å². The van der Waals surface area contributed by atoms with Crippen molar-refractivity contribution >= 4 is 17.9 Å². The normalized spacial score (nSPS) is 29.2. The first-order chi connectivity index (χ1) is 7.66. The van der Waals surface area contributed by atoms with Crippen molar-refractivity contribution in [1.82, 2.24) is 4.90 Å². The lowest BCUT2D eigenvalue weighted by Crippen LogP contribution is -2.37. The van der Waals surface area contributed by atoms with Crippen LogP contribution in [-0.4, -0.2) is 29.4 Å². The number of imide groups is 3. The third-order valence-corrected chi connectivity index (χ3v) is 3.29. The lowest BCUT2D eigenvalue weighted by Gasteiger charge is -2.19. The molecule has 3 amide bonds. The van der Waals surface area contributed by atoms with Crippen molar-refractivity contribution in [2.24, 2.45) is 11.8 Å². The van der Waals surface area contributed by atoms with Gasteiger partial charge in [0.1, 0.15) is 0 Å². The third kappa shape index (κ3) is 1.60. The number of amides is 3. The maximum absolute atomic E-state index is 11.9. The highest BCUT2D eigenvalue weighted by Gasteiger charge is 2.51. The van der Waals surface area contributed by atoms with Gasteiger partial charge in [0.15, 0.2) is 0 Å². The molecule has 0 N–H and O–H groups in total. The minimum absolute atomic E-state index is 0.172. The maximum Gasteiger partial charge on any atom is 0.423 e. The molecule has 5 heteroatoms. The van der Waals surface area contributed by atoms with Gasteiger partial charge < -0.3 is 4.74 Å². The number of hydrogen-bond acceptors (Lipinski definition) is 4. The second-order valence-electron chi connectivity index (χ2n) is 4.21. The van der Waals surface area contributed by atoms with Gasteiger partial charge in [-0.1, -0.05) is 12.8 Å². The summed E-state index contributed by atoms with van der Waals surface area (Å²) in [5.74, 6) is -1.31. The molecule has 1 aliphatic carbocycles. The summed E-state index contributed by atoms with van der Waals surface area (Å²) in [6.07, 6.45) is 2.52. The molecule has 1 aliphatic heterocycles. The molecule has 0 aromatic rings. The average molecular weight is 225 g/mol. The van der Waals surface area contributed by atoms with E-state index >= 15 is 0 Å². The molecule has 16 heavy (non-hydrogen) atoms. The molecule has 1 saturated carbocycles. The Hall–Kier alpha value is -1.39. The van der Waals surface area contributed by atoms with Crippen molar-refractivity contribution in [1.29, 1.82) is 0 Å². The number of hydrogen-bond donors (Lipinski definition) is 0. The van der Waals surface area contributed by atoms with Crippen molar-refractivity contribution in [3.05, 3.63) is 0 Å². The van der Waals surface area contributed by atoms with Gasteiger partial charge in [0.05, 0.1) is 18.4 Å². The predicted octanol–water partition coefficient (Wildman–Crippen LogP) is 1.32. The van der Waals surface area contributed by atoms with Crippen LogP contribution in [0.25, 0.3) is 0 Å². The van der Waals surface area contributed by atoms with Gasteiger partial charge in [-0.25, -0.2) is 4.79 Å². The first-order valence-electron chi connectivity index (χ1n) is 5.71. The lowest BCUT2D eigenvalue weighted by atomic mass is 9.81. The van der Waals surface area contributed by atoms with Crippen LogP contribution in [0.5, 0.6) is 0 Å². The van der Waals surface area contributed by atoms with Crippen LogP contribution in [-0.2, 0) is 14.3 Å². The van der Waals surface area contributed by atoms with Crippen molar-refractivity contribution in [3.63, 3.8) is 0 Å². The van der Waals surface area contributed by atoms with Crippen LogP contribution in [0, 0.1) is 11.8 Å². The molecule has 1 saturated heterocycles. The highest BCUT2D eigenvalue weighted by atomic mass is 16.6. The van der Waals surface area contributed by atoms with Gasteiger partial charge in [-0.2, -0.15) is 4.90 Å². The van der Waals surface area contributed by atoms with Crippen LogP contribution in [0.1, 0.15) is 32.6 Å². The van der Waals surface area contributed by atoms with Gasteiger partial charge in [0.2, 0.25) is 11.8 Å². The standard InChI is InChI=1S/C11H15NO4/c1-2-16-11(15)12-9(13)7-5-3-4-6-8(7)10(12)14/h7-8H,2-6H2,1H3/t7-,8-/m0/s1. The van der Waals surface area contributed by atoms with Crippen LogP contribution < -0.4 is 0 Å². The fourth-order valence-corrected chi connectivity index (χ4v) is 2.53. The Bertz CT molecular complexity index is 315. The lowest BCUT2D eigenvalue weighted by molar-refractivity contribution is -0.137. The van der Waals surface area contributed by atoms with Crippen LogP contribution in [0.4, 0.5) is 4.79 Å². The van der Waals surface area contributed by atoms with Gasteiger partial charge in [-0.05, 0) is 19.8 Å².